The highest BCUT2D eigenvalue weighted by molar-refractivity contribution is 6.10. The lowest BCUT2D eigenvalue weighted by molar-refractivity contribution is 0.0963. The molecule has 0 aromatic heterocycles. The Bertz CT molecular complexity index is 873. The number of carbonyl (C=O) groups is 2. The van der Waals surface area contributed by atoms with Gasteiger partial charge in [-0.2, -0.15) is 0 Å². The zero-order valence-corrected chi connectivity index (χ0v) is 13.7. The van der Waals surface area contributed by atoms with E-state index in [0.29, 0.717) is 31.0 Å². The lowest BCUT2D eigenvalue weighted by Gasteiger charge is -2.22. The molecule has 0 saturated heterocycles. The van der Waals surface area contributed by atoms with Gasteiger partial charge in [-0.3, -0.25) is 9.59 Å². The fraction of sp³-hybridized carbons (Fsp3) is 0.263. The van der Waals surface area contributed by atoms with E-state index in [0.717, 1.165) is 27.9 Å². The number of hydrogen-bond acceptors (Lipinski definition) is 3. The summed E-state index contributed by atoms with van der Waals surface area (Å²) in [5.41, 5.74) is 4.89. The molecule has 0 radical (unpaired) electrons. The van der Waals surface area contributed by atoms with Gasteiger partial charge in [0.1, 0.15) is 12.4 Å². The van der Waals surface area contributed by atoms with Crippen LogP contribution in [0, 0.1) is 13.8 Å². The third kappa shape index (κ3) is 2.16. The largest absolute Gasteiger partial charge is 0.491 e. The summed E-state index contributed by atoms with van der Waals surface area (Å²) in [7, 11) is 0. The summed E-state index contributed by atoms with van der Waals surface area (Å²) in [4.78, 5) is 26.7. The second-order valence-electron chi connectivity index (χ2n) is 6.23. The third-order valence-corrected chi connectivity index (χ3v) is 4.65. The van der Waals surface area contributed by atoms with Crippen molar-refractivity contribution in [2.75, 3.05) is 18.1 Å². The monoisotopic (exact) mass is 322 g/mol. The Kier molecular flexibility index (Phi) is 3.30. The van der Waals surface area contributed by atoms with Gasteiger partial charge in [-0.05, 0) is 48.7 Å². The van der Waals surface area contributed by atoms with Crippen molar-refractivity contribution in [2.24, 2.45) is 0 Å². The SMILES string of the molecule is Cc1cc(N2CCOc3cccc(C)c3C2=O)cc2c1C(=O)NC2. The first-order chi connectivity index (χ1) is 11.6. The van der Waals surface area contributed by atoms with Crippen molar-refractivity contribution in [1.82, 2.24) is 5.32 Å². The number of nitrogens with one attached hydrogen (secondary N) is 1. The number of aryl methyl sites for hydroxylation is 2. The Labute approximate surface area is 140 Å². The van der Waals surface area contributed by atoms with E-state index in [2.05, 4.69) is 5.32 Å². The first-order valence-corrected chi connectivity index (χ1v) is 8.02. The van der Waals surface area contributed by atoms with E-state index in [-0.39, 0.29) is 11.8 Å². The van der Waals surface area contributed by atoms with Gasteiger partial charge in [-0.15, -0.1) is 0 Å². The number of hydrogen-bond donors (Lipinski definition) is 1. The summed E-state index contributed by atoms with van der Waals surface area (Å²) in [6.07, 6.45) is 0. The van der Waals surface area contributed by atoms with E-state index in [1.54, 1.807) is 4.90 Å². The Morgan fingerprint density at radius 1 is 1.08 bits per heavy atom. The predicted molar refractivity (Wildman–Crippen MR) is 90.7 cm³/mol. The molecule has 4 rings (SSSR count). The normalized spacial score (nSPS) is 16.2. The Morgan fingerprint density at radius 3 is 2.75 bits per heavy atom. The molecule has 2 aromatic carbocycles. The number of anilines is 1. The molecule has 2 aromatic rings. The van der Waals surface area contributed by atoms with Gasteiger partial charge in [0, 0.05) is 17.8 Å². The fourth-order valence-electron chi connectivity index (χ4n) is 3.49. The maximum atomic E-state index is 13.1. The number of benzene rings is 2. The van der Waals surface area contributed by atoms with Crippen molar-refractivity contribution in [2.45, 2.75) is 20.4 Å². The van der Waals surface area contributed by atoms with E-state index < -0.39 is 0 Å². The van der Waals surface area contributed by atoms with E-state index in [1.807, 2.05) is 44.2 Å². The van der Waals surface area contributed by atoms with Crippen molar-refractivity contribution in [3.8, 4) is 5.75 Å². The number of nitrogens with zero attached hydrogens (tertiary/aromatic N) is 1. The van der Waals surface area contributed by atoms with Gasteiger partial charge in [0.05, 0.1) is 12.1 Å². The van der Waals surface area contributed by atoms with E-state index >= 15 is 0 Å². The van der Waals surface area contributed by atoms with Crippen LogP contribution in [0.25, 0.3) is 0 Å². The molecule has 2 aliphatic heterocycles. The van der Waals surface area contributed by atoms with Gasteiger partial charge in [0.15, 0.2) is 0 Å². The average Bonchev–Trinajstić information content (AvgIpc) is 2.83. The second-order valence-corrected chi connectivity index (χ2v) is 6.23. The van der Waals surface area contributed by atoms with Crippen LogP contribution in [0.3, 0.4) is 0 Å². The van der Waals surface area contributed by atoms with Crippen molar-refractivity contribution in [3.05, 3.63) is 58.1 Å². The summed E-state index contributed by atoms with van der Waals surface area (Å²) >= 11 is 0. The minimum atomic E-state index is -0.0581. The number of amides is 2. The smallest absolute Gasteiger partial charge is 0.262 e. The molecule has 24 heavy (non-hydrogen) atoms. The molecule has 2 heterocycles. The molecule has 0 saturated carbocycles. The molecule has 2 aliphatic rings. The number of fused-ring (bicyclic) bond motifs is 2. The van der Waals surface area contributed by atoms with Crippen LogP contribution in [0.1, 0.15) is 37.4 Å². The molecule has 2 amide bonds. The quantitative estimate of drug-likeness (QED) is 0.878. The molecule has 0 bridgehead atoms. The van der Waals surface area contributed by atoms with Crippen LogP contribution < -0.4 is 15.0 Å². The zero-order valence-electron chi connectivity index (χ0n) is 13.7. The Balaban J connectivity index is 1.80. The number of ether oxygens (including phenoxy) is 1. The maximum absolute atomic E-state index is 13.1. The number of rotatable bonds is 1. The van der Waals surface area contributed by atoms with Gasteiger partial charge in [-0.25, -0.2) is 0 Å². The highest BCUT2D eigenvalue weighted by Crippen LogP contribution is 2.31. The summed E-state index contributed by atoms with van der Waals surface area (Å²) in [6.45, 7) is 5.25. The molecule has 0 unspecified atom stereocenters. The number of carbonyl (C=O) groups excluding carboxylic acids is 2. The van der Waals surface area contributed by atoms with Crippen molar-refractivity contribution < 1.29 is 14.3 Å². The minimum Gasteiger partial charge on any atom is -0.491 e. The molecular formula is C19H18N2O3. The Hall–Kier alpha value is -2.82. The minimum absolute atomic E-state index is 0.0410. The van der Waals surface area contributed by atoms with Crippen LogP contribution in [-0.4, -0.2) is 25.0 Å². The molecule has 122 valence electrons. The molecule has 0 atom stereocenters. The Morgan fingerprint density at radius 2 is 1.92 bits per heavy atom. The van der Waals surface area contributed by atoms with E-state index in [4.69, 9.17) is 4.74 Å². The average molecular weight is 322 g/mol. The first kappa shape index (κ1) is 14.8. The summed E-state index contributed by atoms with van der Waals surface area (Å²) < 4.78 is 5.76. The van der Waals surface area contributed by atoms with Gasteiger partial charge in [0.2, 0.25) is 0 Å². The summed E-state index contributed by atoms with van der Waals surface area (Å²) in [6, 6.07) is 9.49. The lowest BCUT2D eigenvalue weighted by Crippen LogP contribution is -2.32. The molecule has 0 fully saturated rings. The molecular weight excluding hydrogens is 304 g/mol. The van der Waals surface area contributed by atoms with Crippen molar-refractivity contribution >= 4 is 17.5 Å². The molecule has 1 N–H and O–H groups in total. The van der Waals surface area contributed by atoms with Crippen LogP contribution in [-0.2, 0) is 6.54 Å². The van der Waals surface area contributed by atoms with Crippen LogP contribution in [0.5, 0.6) is 5.75 Å². The topological polar surface area (TPSA) is 58.6 Å². The van der Waals surface area contributed by atoms with Gasteiger partial charge >= 0.3 is 0 Å². The van der Waals surface area contributed by atoms with Crippen molar-refractivity contribution in [1.29, 1.82) is 0 Å². The predicted octanol–water partition coefficient (Wildman–Crippen LogP) is 2.59. The fourth-order valence-corrected chi connectivity index (χ4v) is 3.49. The summed E-state index contributed by atoms with van der Waals surface area (Å²) in [5.74, 6) is 0.537. The highest BCUT2D eigenvalue weighted by atomic mass is 16.5. The van der Waals surface area contributed by atoms with Gasteiger partial charge in [0.25, 0.3) is 11.8 Å². The maximum Gasteiger partial charge on any atom is 0.262 e. The molecule has 0 aliphatic carbocycles. The second kappa shape index (κ2) is 5.37. The van der Waals surface area contributed by atoms with Gasteiger partial charge in [-0.1, -0.05) is 12.1 Å². The van der Waals surface area contributed by atoms with Crippen LogP contribution in [0.15, 0.2) is 30.3 Å². The molecule has 5 heteroatoms. The van der Waals surface area contributed by atoms with Gasteiger partial charge < -0.3 is 15.0 Å². The zero-order chi connectivity index (χ0) is 16.8. The standard InChI is InChI=1S/C19H18N2O3/c1-11-4-3-5-15-17(11)19(23)21(6-7-24-15)14-8-12(2)16-13(9-14)10-20-18(16)22/h3-5,8-9H,6-7,10H2,1-2H3,(H,20,22). The highest BCUT2D eigenvalue weighted by Gasteiger charge is 2.29. The van der Waals surface area contributed by atoms with Crippen LogP contribution in [0.4, 0.5) is 5.69 Å². The van der Waals surface area contributed by atoms with E-state index in [9.17, 15) is 9.59 Å². The summed E-state index contributed by atoms with van der Waals surface area (Å²) in [5, 5.41) is 2.84. The lowest BCUT2D eigenvalue weighted by atomic mass is 10.0. The van der Waals surface area contributed by atoms with E-state index in [1.165, 1.54) is 0 Å². The molecule has 0 spiro atoms. The molecule has 5 nitrogen and oxygen atoms in total. The first-order valence-electron chi connectivity index (χ1n) is 8.02. The van der Waals surface area contributed by atoms with Crippen LogP contribution >= 0.6 is 0 Å². The van der Waals surface area contributed by atoms with Crippen molar-refractivity contribution in [3.63, 3.8) is 0 Å². The van der Waals surface area contributed by atoms with Crippen LogP contribution in [0.2, 0.25) is 0 Å². The third-order valence-electron chi connectivity index (χ3n) is 4.65.